The monoisotopic (exact) mass is 510 g/mol. The van der Waals surface area contributed by atoms with Crippen LogP contribution in [0.25, 0.3) is 5.57 Å². The first-order valence-corrected chi connectivity index (χ1v) is 14.9. The molecule has 1 aromatic heterocycles. The van der Waals surface area contributed by atoms with E-state index in [0.717, 1.165) is 37.2 Å². The number of likely N-dealkylation sites (tertiary alicyclic amines) is 1. The van der Waals surface area contributed by atoms with Gasteiger partial charge in [-0.2, -0.15) is 0 Å². The fourth-order valence-corrected chi connectivity index (χ4v) is 8.09. The highest BCUT2D eigenvalue weighted by Crippen LogP contribution is 2.48. The van der Waals surface area contributed by atoms with E-state index in [0.29, 0.717) is 0 Å². The average Bonchev–Trinajstić information content (AvgIpc) is 3.42. The third-order valence-corrected chi connectivity index (χ3v) is 9.95. The van der Waals surface area contributed by atoms with Crippen LogP contribution < -0.4 is 4.90 Å². The van der Waals surface area contributed by atoms with Crippen molar-refractivity contribution >= 4 is 34.2 Å². The van der Waals surface area contributed by atoms with Crippen molar-refractivity contribution in [2.24, 2.45) is 0 Å². The minimum absolute atomic E-state index is 0.215. The third-order valence-electron chi connectivity index (χ3n) is 8.86. The van der Waals surface area contributed by atoms with Gasteiger partial charge in [-0.25, -0.2) is 4.58 Å². The number of rotatable bonds is 2. The molecular weight excluding hydrogens is 474 g/mol. The molecule has 1 amide bonds. The van der Waals surface area contributed by atoms with Gasteiger partial charge in [-0.1, -0.05) is 0 Å². The van der Waals surface area contributed by atoms with Crippen LogP contribution in [-0.2, 0) is 19.3 Å². The van der Waals surface area contributed by atoms with E-state index in [1.165, 1.54) is 89.2 Å². The molecular formula is C32H36N3OS+. The number of anilines is 1. The molecule has 4 nitrogen and oxygen atoms in total. The predicted molar refractivity (Wildman–Crippen MR) is 153 cm³/mol. The van der Waals surface area contributed by atoms with Crippen molar-refractivity contribution in [1.82, 2.24) is 4.90 Å². The van der Waals surface area contributed by atoms with Crippen LogP contribution in [0.4, 0.5) is 5.69 Å². The Labute approximate surface area is 224 Å². The van der Waals surface area contributed by atoms with Gasteiger partial charge in [0.1, 0.15) is 14.1 Å². The quantitative estimate of drug-likeness (QED) is 0.489. The maximum atomic E-state index is 13.4. The van der Waals surface area contributed by atoms with E-state index in [-0.39, 0.29) is 5.91 Å². The lowest BCUT2D eigenvalue weighted by Crippen LogP contribution is -2.35. The van der Waals surface area contributed by atoms with Gasteiger partial charge >= 0.3 is 0 Å². The molecule has 0 saturated carbocycles. The number of fused-ring (bicyclic) bond motifs is 3. The minimum Gasteiger partial charge on any atom is -0.371 e. The van der Waals surface area contributed by atoms with E-state index in [1.54, 1.807) is 22.6 Å². The van der Waals surface area contributed by atoms with Gasteiger partial charge in [0.25, 0.3) is 5.91 Å². The van der Waals surface area contributed by atoms with Crippen molar-refractivity contribution in [3.8, 4) is 0 Å². The Morgan fingerprint density at radius 3 is 2.54 bits per heavy atom. The fraction of sp³-hybridized carbons (Fsp3) is 0.438. The first-order valence-electron chi connectivity index (χ1n) is 14.1. The molecule has 1 fully saturated rings. The minimum atomic E-state index is 0.215. The smallest absolute Gasteiger partial charge is 0.263 e. The Morgan fingerprint density at radius 2 is 1.73 bits per heavy atom. The molecule has 0 spiro atoms. The van der Waals surface area contributed by atoms with Crippen LogP contribution in [0.2, 0.25) is 0 Å². The Kier molecular flexibility index (Phi) is 5.73. The zero-order valence-electron chi connectivity index (χ0n) is 22.1. The van der Waals surface area contributed by atoms with E-state index in [2.05, 4.69) is 64.9 Å². The van der Waals surface area contributed by atoms with Crippen molar-refractivity contribution in [3.63, 3.8) is 0 Å². The summed E-state index contributed by atoms with van der Waals surface area (Å²) < 4.78 is 2.20. The van der Waals surface area contributed by atoms with Crippen molar-refractivity contribution in [3.05, 3.63) is 79.6 Å². The van der Waals surface area contributed by atoms with Crippen LogP contribution >= 0.6 is 11.3 Å². The number of benzene rings is 1. The second-order valence-electron chi connectivity index (χ2n) is 11.4. The van der Waals surface area contributed by atoms with Gasteiger partial charge in [0.2, 0.25) is 0 Å². The molecule has 0 bridgehead atoms. The number of aryl methyl sites for hydroxylation is 1. The summed E-state index contributed by atoms with van der Waals surface area (Å²) in [6.07, 6.45) is 16.3. The SMILES string of the molecule is C[N+](C)=C1C=CC2=C(c3ccc(C(=O)N4CCCCC4)s3)c3cc4c5c(c3CC2=C1)CCCN5CCC4. The highest BCUT2D eigenvalue weighted by atomic mass is 32.1. The molecule has 7 rings (SSSR count). The van der Waals surface area contributed by atoms with Crippen LogP contribution in [-0.4, -0.2) is 61.4 Å². The number of hydrogen-bond donors (Lipinski definition) is 0. The summed E-state index contributed by atoms with van der Waals surface area (Å²) in [7, 11) is 4.25. The lowest BCUT2D eigenvalue weighted by Gasteiger charge is -2.40. The van der Waals surface area contributed by atoms with Crippen LogP contribution in [0.1, 0.15) is 68.9 Å². The van der Waals surface area contributed by atoms with Crippen molar-refractivity contribution in [2.75, 3.05) is 45.2 Å². The molecule has 37 heavy (non-hydrogen) atoms. The molecule has 5 heteroatoms. The van der Waals surface area contributed by atoms with E-state index >= 15 is 0 Å². The summed E-state index contributed by atoms with van der Waals surface area (Å²) in [5.41, 5.74) is 13.0. The van der Waals surface area contributed by atoms with Crippen LogP contribution in [0, 0.1) is 0 Å². The molecule has 0 atom stereocenters. The second kappa shape index (κ2) is 9.13. The molecule has 1 saturated heterocycles. The number of hydrogen-bond acceptors (Lipinski definition) is 3. The number of amides is 1. The first-order chi connectivity index (χ1) is 18.1. The molecule has 0 radical (unpaired) electrons. The first kappa shape index (κ1) is 23.2. The van der Waals surface area contributed by atoms with Crippen molar-refractivity contribution in [1.29, 1.82) is 0 Å². The third kappa shape index (κ3) is 3.85. The molecule has 5 aliphatic rings. The van der Waals surface area contributed by atoms with E-state index < -0.39 is 0 Å². The van der Waals surface area contributed by atoms with Crippen molar-refractivity contribution in [2.45, 2.75) is 51.4 Å². The second-order valence-corrected chi connectivity index (χ2v) is 12.5. The van der Waals surface area contributed by atoms with Gasteiger partial charge in [-0.15, -0.1) is 11.3 Å². The summed E-state index contributed by atoms with van der Waals surface area (Å²) in [4.78, 5) is 20.2. The summed E-state index contributed by atoms with van der Waals surface area (Å²) in [5.74, 6) is 0.215. The largest absolute Gasteiger partial charge is 0.371 e. The zero-order valence-corrected chi connectivity index (χ0v) is 22.9. The number of carbonyl (C=O) groups excluding carboxylic acids is 1. The predicted octanol–water partition coefficient (Wildman–Crippen LogP) is 5.64. The average molecular weight is 511 g/mol. The van der Waals surface area contributed by atoms with Crippen LogP contribution in [0.5, 0.6) is 0 Å². The highest BCUT2D eigenvalue weighted by molar-refractivity contribution is 7.15. The van der Waals surface area contributed by atoms with Gasteiger partial charge in [-0.3, -0.25) is 4.79 Å². The number of thiophene rings is 1. The normalized spacial score (nSPS) is 20.4. The maximum Gasteiger partial charge on any atom is 0.263 e. The molecule has 0 N–H and O–H groups in total. The molecule has 4 heterocycles. The molecule has 190 valence electrons. The topological polar surface area (TPSA) is 26.6 Å². The summed E-state index contributed by atoms with van der Waals surface area (Å²) in [6, 6.07) is 6.82. The Balaban J connectivity index is 1.40. The van der Waals surface area contributed by atoms with Crippen molar-refractivity contribution < 1.29 is 9.37 Å². The number of nitrogens with zero attached hydrogens (tertiary/aromatic N) is 3. The molecule has 2 aromatic rings. The highest BCUT2D eigenvalue weighted by Gasteiger charge is 2.34. The summed E-state index contributed by atoms with van der Waals surface area (Å²) in [5, 5.41) is 0. The van der Waals surface area contributed by atoms with Gasteiger partial charge in [0.05, 0.1) is 4.88 Å². The standard InChI is InChI=1S/C32H36N3OS/c1-33(2)23-10-11-24-22(18-23)20-26-25-9-7-17-34-16-6-8-21(31(25)34)19-27(26)30(24)28-12-13-29(37-28)32(36)35-14-4-3-5-15-35/h10-13,18-19H,3-9,14-17,20H2,1-2H3/q+1. The molecule has 0 unspecified atom stereocenters. The van der Waals surface area contributed by atoms with Gasteiger partial charge in [0, 0.05) is 54.5 Å². The van der Waals surface area contributed by atoms with Gasteiger partial charge in [-0.05, 0) is 109 Å². The van der Waals surface area contributed by atoms with E-state index in [9.17, 15) is 4.79 Å². The van der Waals surface area contributed by atoms with E-state index in [4.69, 9.17) is 0 Å². The van der Waals surface area contributed by atoms with Gasteiger partial charge in [0.15, 0.2) is 5.71 Å². The number of allylic oxidation sites excluding steroid dienone is 5. The Hall–Kier alpha value is -2.92. The molecule has 2 aliphatic carbocycles. The van der Waals surface area contributed by atoms with Crippen LogP contribution in [0.15, 0.2) is 47.6 Å². The van der Waals surface area contributed by atoms with Crippen LogP contribution in [0.3, 0.4) is 0 Å². The lowest BCUT2D eigenvalue weighted by molar-refractivity contribution is -0.462. The number of carbonyl (C=O) groups is 1. The Morgan fingerprint density at radius 1 is 0.919 bits per heavy atom. The van der Waals surface area contributed by atoms with E-state index in [1.807, 2.05) is 0 Å². The summed E-state index contributed by atoms with van der Waals surface area (Å²) in [6.45, 7) is 4.19. The number of piperidine rings is 1. The lowest BCUT2D eigenvalue weighted by atomic mass is 9.74. The Bertz CT molecular complexity index is 1420. The van der Waals surface area contributed by atoms with Gasteiger partial charge < -0.3 is 9.80 Å². The fourth-order valence-electron chi connectivity index (χ4n) is 7.04. The molecule has 3 aliphatic heterocycles. The summed E-state index contributed by atoms with van der Waals surface area (Å²) >= 11 is 1.70. The maximum absolute atomic E-state index is 13.4. The molecule has 1 aromatic carbocycles. The zero-order chi connectivity index (χ0) is 25.1.